The summed E-state index contributed by atoms with van der Waals surface area (Å²) < 4.78 is 20.9. The lowest BCUT2D eigenvalue weighted by atomic mass is 10.1. The molecule has 1 N–H and O–H groups in total. The van der Waals surface area contributed by atoms with Gasteiger partial charge in [-0.2, -0.15) is 0 Å². The summed E-state index contributed by atoms with van der Waals surface area (Å²) in [5, 5.41) is 3.34. The fraction of sp³-hybridized carbons (Fsp3) is 0.571. The monoisotopic (exact) mass is 269 g/mol. The molecule has 0 radical (unpaired) electrons. The van der Waals surface area contributed by atoms with Gasteiger partial charge in [0.05, 0.1) is 14.2 Å². The minimum absolute atomic E-state index is 0.0952. The Bertz CT molecular complexity index is 380. The van der Waals surface area contributed by atoms with E-state index >= 15 is 0 Å². The van der Waals surface area contributed by atoms with Crippen LogP contribution in [0.3, 0.4) is 0 Å². The lowest BCUT2D eigenvalue weighted by Gasteiger charge is -2.21. The predicted molar refractivity (Wildman–Crippen MR) is 73.8 cm³/mol. The van der Waals surface area contributed by atoms with E-state index in [9.17, 15) is 0 Å². The molecule has 0 aliphatic heterocycles. The lowest BCUT2D eigenvalue weighted by molar-refractivity contribution is -0.0997. The third-order valence-electron chi connectivity index (χ3n) is 3.02. The Morgan fingerprint density at radius 3 is 2.26 bits per heavy atom. The van der Waals surface area contributed by atoms with Gasteiger partial charge in [-0.3, -0.25) is 0 Å². The van der Waals surface area contributed by atoms with Crippen LogP contribution in [0.15, 0.2) is 18.2 Å². The van der Waals surface area contributed by atoms with Crippen molar-refractivity contribution in [3.05, 3.63) is 23.8 Å². The van der Waals surface area contributed by atoms with Crippen LogP contribution in [-0.2, 0) is 9.47 Å². The Kier molecular flexibility index (Phi) is 6.62. The highest BCUT2D eigenvalue weighted by atomic mass is 16.7. The maximum absolute atomic E-state index is 5.37. The number of methoxy groups -OCH3 is 4. The number of ether oxygens (including phenoxy) is 4. The van der Waals surface area contributed by atoms with E-state index < -0.39 is 0 Å². The molecule has 1 aromatic rings. The average Bonchev–Trinajstić information content (AvgIpc) is 2.47. The molecule has 0 aliphatic carbocycles. The molecule has 1 unspecified atom stereocenters. The van der Waals surface area contributed by atoms with Gasteiger partial charge in [-0.1, -0.05) is 0 Å². The molecular weight excluding hydrogens is 246 g/mol. The average molecular weight is 269 g/mol. The Morgan fingerprint density at radius 2 is 1.74 bits per heavy atom. The summed E-state index contributed by atoms with van der Waals surface area (Å²) in [5.41, 5.74) is 1.04. The Balaban J connectivity index is 2.76. The van der Waals surface area contributed by atoms with Crippen LogP contribution in [0.5, 0.6) is 11.5 Å². The van der Waals surface area contributed by atoms with Gasteiger partial charge in [0, 0.05) is 32.4 Å². The summed E-state index contributed by atoms with van der Waals surface area (Å²) in [6, 6.07) is 5.84. The first-order chi connectivity index (χ1) is 9.15. The molecule has 0 aliphatic rings. The summed E-state index contributed by atoms with van der Waals surface area (Å²) in [6.45, 7) is 2.65. The van der Waals surface area contributed by atoms with Crippen molar-refractivity contribution in [1.82, 2.24) is 5.32 Å². The third-order valence-corrected chi connectivity index (χ3v) is 3.02. The van der Waals surface area contributed by atoms with Crippen LogP contribution < -0.4 is 14.8 Å². The van der Waals surface area contributed by atoms with Crippen molar-refractivity contribution >= 4 is 0 Å². The van der Waals surface area contributed by atoms with Crippen LogP contribution in [0.4, 0.5) is 0 Å². The van der Waals surface area contributed by atoms with E-state index in [2.05, 4.69) is 12.2 Å². The number of hydrogen-bond donors (Lipinski definition) is 1. The molecule has 5 heteroatoms. The number of hydrogen-bond acceptors (Lipinski definition) is 5. The highest BCUT2D eigenvalue weighted by Gasteiger charge is 2.14. The van der Waals surface area contributed by atoms with Crippen molar-refractivity contribution in [3.8, 4) is 11.5 Å². The van der Waals surface area contributed by atoms with E-state index in [0.717, 1.165) is 17.1 Å². The minimum atomic E-state index is -0.265. The summed E-state index contributed by atoms with van der Waals surface area (Å²) in [6.07, 6.45) is -0.265. The predicted octanol–water partition coefficient (Wildman–Crippen LogP) is 1.97. The van der Waals surface area contributed by atoms with Gasteiger partial charge in [0.1, 0.15) is 11.5 Å². The van der Waals surface area contributed by atoms with Crippen molar-refractivity contribution in [2.24, 2.45) is 0 Å². The number of nitrogens with one attached hydrogen (secondary N) is 1. The summed E-state index contributed by atoms with van der Waals surface area (Å²) in [7, 11) is 6.54. The van der Waals surface area contributed by atoms with Crippen molar-refractivity contribution in [2.45, 2.75) is 19.3 Å². The van der Waals surface area contributed by atoms with Crippen LogP contribution in [0, 0.1) is 0 Å². The highest BCUT2D eigenvalue weighted by Crippen LogP contribution is 2.29. The Hall–Kier alpha value is -1.30. The molecule has 1 aromatic carbocycles. The molecular formula is C14H23NO4. The van der Waals surface area contributed by atoms with Gasteiger partial charge in [0.25, 0.3) is 0 Å². The molecule has 19 heavy (non-hydrogen) atoms. The second kappa shape index (κ2) is 7.99. The molecule has 0 saturated carbocycles. The van der Waals surface area contributed by atoms with E-state index in [1.807, 2.05) is 18.2 Å². The largest absolute Gasteiger partial charge is 0.497 e. The van der Waals surface area contributed by atoms with Crippen LogP contribution in [0.2, 0.25) is 0 Å². The normalized spacial score (nSPS) is 12.5. The first-order valence-electron chi connectivity index (χ1n) is 6.17. The second-order valence-electron chi connectivity index (χ2n) is 4.14. The first-order valence-corrected chi connectivity index (χ1v) is 6.17. The van der Waals surface area contributed by atoms with Crippen molar-refractivity contribution < 1.29 is 18.9 Å². The Labute approximate surface area is 114 Å². The van der Waals surface area contributed by atoms with Gasteiger partial charge >= 0.3 is 0 Å². The molecule has 1 atom stereocenters. The molecule has 0 aromatic heterocycles. The SMILES string of the molecule is COc1ccc(OC)c(C(C)NCC(OC)OC)c1. The van der Waals surface area contributed by atoms with Gasteiger partial charge in [0.15, 0.2) is 6.29 Å². The van der Waals surface area contributed by atoms with Gasteiger partial charge in [-0.05, 0) is 25.1 Å². The standard InChI is InChI=1S/C14H23NO4/c1-10(15-9-14(18-4)19-5)12-8-11(16-2)6-7-13(12)17-3/h6-8,10,14-15H,9H2,1-5H3. The van der Waals surface area contributed by atoms with Gasteiger partial charge < -0.3 is 24.3 Å². The zero-order chi connectivity index (χ0) is 14.3. The molecule has 0 amide bonds. The minimum Gasteiger partial charge on any atom is -0.497 e. The van der Waals surface area contributed by atoms with E-state index in [4.69, 9.17) is 18.9 Å². The fourth-order valence-corrected chi connectivity index (χ4v) is 1.82. The van der Waals surface area contributed by atoms with Crippen LogP contribution in [0.25, 0.3) is 0 Å². The number of rotatable bonds is 8. The molecule has 108 valence electrons. The first kappa shape index (κ1) is 15.8. The summed E-state index contributed by atoms with van der Waals surface area (Å²) in [5.74, 6) is 1.63. The zero-order valence-corrected chi connectivity index (χ0v) is 12.2. The van der Waals surface area contributed by atoms with Gasteiger partial charge in [-0.15, -0.1) is 0 Å². The quantitative estimate of drug-likeness (QED) is 0.731. The van der Waals surface area contributed by atoms with E-state index in [1.54, 1.807) is 28.4 Å². The summed E-state index contributed by atoms with van der Waals surface area (Å²) >= 11 is 0. The van der Waals surface area contributed by atoms with Crippen LogP contribution >= 0.6 is 0 Å². The topological polar surface area (TPSA) is 49.0 Å². The van der Waals surface area contributed by atoms with Crippen molar-refractivity contribution in [2.75, 3.05) is 35.0 Å². The third kappa shape index (κ3) is 4.38. The van der Waals surface area contributed by atoms with Crippen molar-refractivity contribution in [3.63, 3.8) is 0 Å². The Morgan fingerprint density at radius 1 is 1.05 bits per heavy atom. The summed E-state index contributed by atoms with van der Waals surface area (Å²) in [4.78, 5) is 0. The molecule has 1 rings (SSSR count). The molecule has 5 nitrogen and oxygen atoms in total. The molecule has 0 heterocycles. The maximum Gasteiger partial charge on any atom is 0.169 e. The zero-order valence-electron chi connectivity index (χ0n) is 12.2. The molecule has 0 spiro atoms. The van der Waals surface area contributed by atoms with Gasteiger partial charge in [-0.25, -0.2) is 0 Å². The van der Waals surface area contributed by atoms with Crippen LogP contribution in [-0.4, -0.2) is 41.3 Å². The van der Waals surface area contributed by atoms with E-state index in [-0.39, 0.29) is 12.3 Å². The molecule has 0 fully saturated rings. The maximum atomic E-state index is 5.37. The lowest BCUT2D eigenvalue weighted by Crippen LogP contribution is -2.31. The van der Waals surface area contributed by atoms with E-state index in [1.165, 1.54) is 0 Å². The highest BCUT2D eigenvalue weighted by molar-refractivity contribution is 5.42. The smallest absolute Gasteiger partial charge is 0.169 e. The van der Waals surface area contributed by atoms with Crippen LogP contribution in [0.1, 0.15) is 18.5 Å². The second-order valence-corrected chi connectivity index (χ2v) is 4.14. The van der Waals surface area contributed by atoms with Crippen molar-refractivity contribution in [1.29, 1.82) is 0 Å². The fourth-order valence-electron chi connectivity index (χ4n) is 1.82. The van der Waals surface area contributed by atoms with Gasteiger partial charge in [0.2, 0.25) is 0 Å². The molecule has 0 bridgehead atoms. The number of benzene rings is 1. The molecule has 0 saturated heterocycles. The van der Waals surface area contributed by atoms with E-state index in [0.29, 0.717) is 6.54 Å².